The number of carbonyl (C=O) groups excluding carboxylic acids is 2. The third kappa shape index (κ3) is 8.40. The lowest BCUT2D eigenvalue weighted by Gasteiger charge is -2.09. The van der Waals surface area contributed by atoms with Gasteiger partial charge >= 0.3 is 11.9 Å². The monoisotopic (exact) mass is 496 g/mol. The van der Waals surface area contributed by atoms with Gasteiger partial charge in [-0.15, -0.1) is 12.4 Å². The van der Waals surface area contributed by atoms with E-state index in [-0.39, 0.29) is 38.9 Å². The molecule has 2 aromatic rings. The minimum absolute atomic E-state index is 0. The molecule has 0 aliphatic heterocycles. The SMILES string of the molecule is C.C.COC(=O)c1cc(/C(N)=N/O)c(C)cc1C.COC(=O)c1cc(C(=N)N)c(C)cc1C.Cl. The number of oxime groups is 1. The number of carbonyl (C=O) groups is 2. The van der Waals surface area contributed by atoms with Crippen LogP contribution in [-0.4, -0.2) is 43.0 Å². The number of ether oxygens (including phenoxy) is 2. The highest BCUT2D eigenvalue weighted by molar-refractivity contribution is 6.02. The van der Waals surface area contributed by atoms with Crippen LogP contribution >= 0.6 is 12.4 Å². The van der Waals surface area contributed by atoms with Crippen molar-refractivity contribution in [3.8, 4) is 0 Å². The fraction of sp³-hybridized carbons (Fsp3) is 0.333. The van der Waals surface area contributed by atoms with E-state index in [1.165, 1.54) is 14.2 Å². The minimum Gasteiger partial charge on any atom is -0.465 e. The summed E-state index contributed by atoms with van der Waals surface area (Å²) in [7, 11) is 2.64. The van der Waals surface area contributed by atoms with Gasteiger partial charge in [0.1, 0.15) is 5.84 Å². The average molecular weight is 497 g/mol. The average Bonchev–Trinajstić information content (AvgIpc) is 2.72. The molecule has 0 unspecified atom stereocenters. The van der Waals surface area contributed by atoms with E-state index in [1.54, 1.807) is 25.1 Å². The second-order valence-electron chi connectivity index (χ2n) is 6.85. The van der Waals surface area contributed by atoms with Gasteiger partial charge in [-0.2, -0.15) is 0 Å². The molecule has 0 saturated heterocycles. The Bertz CT molecular complexity index is 1050. The van der Waals surface area contributed by atoms with Crippen LogP contribution < -0.4 is 11.5 Å². The normalized spacial score (nSPS) is 9.65. The lowest BCUT2D eigenvalue weighted by Crippen LogP contribution is -2.16. The van der Waals surface area contributed by atoms with Crippen molar-refractivity contribution in [2.24, 2.45) is 16.6 Å². The predicted molar refractivity (Wildman–Crippen MR) is 139 cm³/mol. The Morgan fingerprint density at radius 2 is 1.09 bits per heavy atom. The summed E-state index contributed by atoms with van der Waals surface area (Å²) >= 11 is 0. The van der Waals surface area contributed by atoms with Crippen LogP contribution in [-0.2, 0) is 9.47 Å². The number of rotatable bonds is 4. The van der Waals surface area contributed by atoms with E-state index in [0.717, 1.165) is 22.3 Å². The fourth-order valence-electron chi connectivity index (χ4n) is 2.98. The zero-order valence-electron chi connectivity index (χ0n) is 18.9. The number of nitrogens with two attached hydrogens (primary N) is 2. The van der Waals surface area contributed by atoms with Gasteiger partial charge in [0.2, 0.25) is 0 Å². The maximum absolute atomic E-state index is 11.4. The number of nitrogens with one attached hydrogen (secondary N) is 1. The maximum Gasteiger partial charge on any atom is 0.338 e. The van der Waals surface area contributed by atoms with Crippen molar-refractivity contribution in [2.75, 3.05) is 14.2 Å². The van der Waals surface area contributed by atoms with Crippen molar-refractivity contribution < 1.29 is 24.3 Å². The molecule has 0 radical (unpaired) electrons. The molecule has 0 atom stereocenters. The first-order chi connectivity index (χ1) is 14.5. The standard InChI is InChI=1S/C11H14N2O3.C11H14N2O2.2CH4.ClH/c1-6-4-7(2)9(11(14)16-3)5-8(6)10(12)13-15;1-6-4-7(2)9(11(14)15-3)5-8(6)10(12)13;;;/h4-5,15H,1-3H3,(H2,12,13);4-5H,1-3H3,(H3,12,13);2*1H4;1H. The van der Waals surface area contributed by atoms with Crippen molar-refractivity contribution in [1.29, 1.82) is 5.41 Å². The number of hydrogen-bond donors (Lipinski definition) is 4. The number of nitrogens with zero attached hydrogens (tertiary/aromatic N) is 1. The minimum atomic E-state index is -0.440. The largest absolute Gasteiger partial charge is 0.465 e. The number of hydrogen-bond acceptors (Lipinski definition) is 7. The highest BCUT2D eigenvalue weighted by Crippen LogP contribution is 2.17. The fourth-order valence-corrected chi connectivity index (χ4v) is 2.98. The van der Waals surface area contributed by atoms with E-state index >= 15 is 0 Å². The summed E-state index contributed by atoms with van der Waals surface area (Å²) in [6, 6.07) is 6.77. The van der Waals surface area contributed by atoms with Crippen LogP contribution in [0.2, 0.25) is 0 Å². The number of benzene rings is 2. The van der Waals surface area contributed by atoms with E-state index in [0.29, 0.717) is 22.3 Å². The molecule has 0 fully saturated rings. The zero-order chi connectivity index (χ0) is 23.9. The van der Waals surface area contributed by atoms with Crippen LogP contribution in [0, 0.1) is 33.1 Å². The first-order valence-corrected chi connectivity index (χ1v) is 9.19. The van der Waals surface area contributed by atoms with Crippen molar-refractivity contribution in [2.45, 2.75) is 42.5 Å². The molecule has 6 N–H and O–H groups in total. The van der Waals surface area contributed by atoms with Gasteiger partial charge in [-0.3, -0.25) is 5.41 Å². The number of methoxy groups -OCH3 is 2. The van der Waals surface area contributed by atoms with Crippen molar-refractivity contribution in [3.05, 3.63) is 68.8 Å². The second kappa shape index (κ2) is 15.3. The predicted octanol–water partition coefficient (Wildman–Crippen LogP) is 4.25. The molecule has 0 saturated carbocycles. The molecule has 34 heavy (non-hydrogen) atoms. The van der Waals surface area contributed by atoms with Gasteiger partial charge in [-0.05, 0) is 62.1 Å². The molecule has 0 aromatic heterocycles. The third-order valence-corrected chi connectivity index (χ3v) is 4.63. The van der Waals surface area contributed by atoms with Crippen molar-refractivity contribution >= 4 is 36.0 Å². The molecule has 2 aromatic carbocycles. The topological polar surface area (TPSA) is 161 Å². The van der Waals surface area contributed by atoms with E-state index < -0.39 is 11.9 Å². The third-order valence-electron chi connectivity index (χ3n) is 4.63. The highest BCUT2D eigenvalue weighted by atomic mass is 35.5. The van der Waals surface area contributed by atoms with Gasteiger partial charge < -0.3 is 26.1 Å². The Hall–Kier alpha value is -3.59. The van der Waals surface area contributed by atoms with Crippen LogP contribution in [0.3, 0.4) is 0 Å². The van der Waals surface area contributed by atoms with E-state index in [2.05, 4.69) is 14.6 Å². The summed E-state index contributed by atoms with van der Waals surface area (Å²) in [4.78, 5) is 22.8. The van der Waals surface area contributed by atoms with Gasteiger partial charge in [0.25, 0.3) is 0 Å². The number of esters is 2. The Labute approximate surface area is 208 Å². The molecular weight excluding hydrogens is 460 g/mol. The molecular formula is C24H37ClN4O5. The molecule has 0 aliphatic rings. The van der Waals surface area contributed by atoms with Crippen LogP contribution in [0.5, 0.6) is 0 Å². The first-order valence-electron chi connectivity index (χ1n) is 9.19. The summed E-state index contributed by atoms with van der Waals surface area (Å²) in [5, 5.41) is 18.9. The maximum atomic E-state index is 11.4. The quantitative estimate of drug-likeness (QED) is 0.161. The first kappa shape index (κ1) is 35.0. The molecule has 0 spiro atoms. The lowest BCUT2D eigenvalue weighted by molar-refractivity contribution is 0.0591. The number of nitrogen functional groups attached to an aromatic ring is 1. The van der Waals surface area contributed by atoms with Crippen molar-refractivity contribution in [1.82, 2.24) is 0 Å². The van der Waals surface area contributed by atoms with E-state index in [4.69, 9.17) is 22.1 Å². The Morgan fingerprint density at radius 3 is 1.41 bits per heavy atom. The summed E-state index contributed by atoms with van der Waals surface area (Å²) in [5.41, 5.74) is 16.2. The molecule has 0 heterocycles. The summed E-state index contributed by atoms with van der Waals surface area (Å²) in [6.45, 7) is 7.30. The summed E-state index contributed by atoms with van der Waals surface area (Å²) < 4.78 is 9.28. The van der Waals surface area contributed by atoms with Gasteiger partial charge in [-0.25, -0.2) is 9.59 Å². The molecule has 0 bridgehead atoms. The molecule has 190 valence electrons. The van der Waals surface area contributed by atoms with Gasteiger partial charge in [0, 0.05) is 11.1 Å². The summed E-state index contributed by atoms with van der Waals surface area (Å²) in [6.07, 6.45) is 0. The molecule has 2 rings (SSSR count). The van der Waals surface area contributed by atoms with Gasteiger partial charge in [0.15, 0.2) is 5.84 Å². The number of halogens is 1. The lowest BCUT2D eigenvalue weighted by atomic mass is 9.99. The van der Waals surface area contributed by atoms with Crippen molar-refractivity contribution in [3.63, 3.8) is 0 Å². The zero-order valence-corrected chi connectivity index (χ0v) is 19.7. The molecule has 10 heteroatoms. The smallest absolute Gasteiger partial charge is 0.338 e. The molecule has 9 nitrogen and oxygen atoms in total. The Balaban J connectivity index is -0.000000520. The number of amidine groups is 2. The van der Waals surface area contributed by atoms with Crippen LogP contribution in [0.4, 0.5) is 0 Å². The molecule has 0 amide bonds. The van der Waals surface area contributed by atoms with Gasteiger partial charge in [-0.1, -0.05) is 32.1 Å². The van der Waals surface area contributed by atoms with E-state index in [1.807, 2.05) is 26.8 Å². The Kier molecular flexibility index (Phi) is 15.7. The number of aryl methyl sites for hydroxylation is 4. The highest BCUT2D eigenvalue weighted by Gasteiger charge is 2.14. The second-order valence-corrected chi connectivity index (χ2v) is 6.85. The van der Waals surface area contributed by atoms with Crippen LogP contribution in [0.1, 0.15) is 68.9 Å². The van der Waals surface area contributed by atoms with Crippen LogP contribution in [0.25, 0.3) is 0 Å². The Morgan fingerprint density at radius 1 is 0.765 bits per heavy atom. The van der Waals surface area contributed by atoms with Gasteiger partial charge in [0.05, 0.1) is 25.3 Å². The van der Waals surface area contributed by atoms with E-state index in [9.17, 15) is 9.59 Å². The summed E-state index contributed by atoms with van der Waals surface area (Å²) in [5.74, 6) is -0.917. The van der Waals surface area contributed by atoms with Crippen LogP contribution in [0.15, 0.2) is 29.4 Å². The molecule has 0 aliphatic carbocycles.